The van der Waals surface area contributed by atoms with Crippen molar-refractivity contribution in [2.45, 2.75) is 19.8 Å². The molecular formula is C16H23N5OS2. The Labute approximate surface area is 150 Å². The first-order valence-electron chi connectivity index (χ1n) is 7.86. The zero-order chi connectivity index (χ0) is 17.2. The first kappa shape index (κ1) is 18.4. The fourth-order valence-corrected chi connectivity index (χ4v) is 3.33. The van der Waals surface area contributed by atoms with E-state index in [1.54, 1.807) is 18.4 Å². The van der Waals surface area contributed by atoms with Crippen LogP contribution in [0.15, 0.2) is 27.9 Å². The summed E-state index contributed by atoms with van der Waals surface area (Å²) in [6.45, 7) is 4.19. The Bertz CT molecular complexity index is 651. The standard InChI is InChI=1S/C16H23N5OS2/c1-12-21-13(11-24-12)6-9-20-16(17-2)19-8-4-7-18-15(22)14-5-3-10-23-14/h3,5,10-11H,4,6-9H2,1-2H3,(H,18,22)(H2,17,19,20). The summed E-state index contributed by atoms with van der Waals surface area (Å²) in [7, 11) is 1.75. The number of aliphatic imine (C=N–C) groups is 1. The van der Waals surface area contributed by atoms with Crippen molar-refractivity contribution in [2.24, 2.45) is 4.99 Å². The largest absolute Gasteiger partial charge is 0.356 e. The van der Waals surface area contributed by atoms with Crippen LogP contribution in [0.25, 0.3) is 0 Å². The lowest BCUT2D eigenvalue weighted by molar-refractivity contribution is 0.0957. The number of thiophene rings is 1. The lowest BCUT2D eigenvalue weighted by Gasteiger charge is -2.11. The molecule has 1 amide bonds. The highest BCUT2D eigenvalue weighted by Crippen LogP contribution is 2.08. The van der Waals surface area contributed by atoms with E-state index in [9.17, 15) is 4.79 Å². The molecule has 0 aliphatic rings. The molecule has 0 fully saturated rings. The van der Waals surface area contributed by atoms with Gasteiger partial charge in [0.25, 0.3) is 5.91 Å². The van der Waals surface area contributed by atoms with Crippen molar-refractivity contribution in [3.63, 3.8) is 0 Å². The van der Waals surface area contributed by atoms with Crippen LogP contribution < -0.4 is 16.0 Å². The molecule has 2 aromatic heterocycles. The van der Waals surface area contributed by atoms with Crippen LogP contribution >= 0.6 is 22.7 Å². The highest BCUT2D eigenvalue weighted by atomic mass is 32.1. The van der Waals surface area contributed by atoms with E-state index in [0.717, 1.165) is 47.5 Å². The molecule has 0 radical (unpaired) electrons. The van der Waals surface area contributed by atoms with Gasteiger partial charge < -0.3 is 16.0 Å². The van der Waals surface area contributed by atoms with Gasteiger partial charge in [-0.05, 0) is 24.8 Å². The van der Waals surface area contributed by atoms with Gasteiger partial charge >= 0.3 is 0 Å². The fraction of sp³-hybridized carbons (Fsp3) is 0.438. The molecule has 0 bridgehead atoms. The van der Waals surface area contributed by atoms with Crippen molar-refractivity contribution in [1.29, 1.82) is 0 Å². The van der Waals surface area contributed by atoms with Crippen molar-refractivity contribution in [3.05, 3.63) is 38.5 Å². The van der Waals surface area contributed by atoms with Gasteiger partial charge in [-0.2, -0.15) is 0 Å². The highest BCUT2D eigenvalue weighted by molar-refractivity contribution is 7.12. The predicted molar refractivity (Wildman–Crippen MR) is 101 cm³/mol. The third-order valence-corrected chi connectivity index (χ3v) is 4.93. The van der Waals surface area contributed by atoms with E-state index in [-0.39, 0.29) is 5.91 Å². The van der Waals surface area contributed by atoms with Crippen molar-refractivity contribution in [1.82, 2.24) is 20.9 Å². The van der Waals surface area contributed by atoms with Gasteiger partial charge in [-0.15, -0.1) is 22.7 Å². The minimum Gasteiger partial charge on any atom is -0.356 e. The minimum absolute atomic E-state index is 0.00827. The molecule has 0 aliphatic heterocycles. The third-order valence-electron chi connectivity index (χ3n) is 3.24. The molecule has 24 heavy (non-hydrogen) atoms. The number of guanidine groups is 1. The average Bonchev–Trinajstić information content (AvgIpc) is 3.24. The van der Waals surface area contributed by atoms with Gasteiger partial charge in [-0.25, -0.2) is 4.98 Å². The molecule has 2 rings (SSSR count). The quantitative estimate of drug-likeness (QED) is 0.380. The molecule has 0 saturated heterocycles. The Morgan fingerprint density at radius 2 is 2.00 bits per heavy atom. The van der Waals surface area contributed by atoms with Crippen LogP contribution in [0.4, 0.5) is 0 Å². The first-order valence-corrected chi connectivity index (χ1v) is 9.62. The maximum Gasteiger partial charge on any atom is 0.261 e. The van der Waals surface area contributed by atoms with Crippen LogP contribution in [-0.2, 0) is 6.42 Å². The van der Waals surface area contributed by atoms with Crippen LogP contribution in [-0.4, -0.2) is 43.5 Å². The van der Waals surface area contributed by atoms with Crippen LogP contribution in [0, 0.1) is 6.92 Å². The number of hydrogen-bond donors (Lipinski definition) is 3. The Morgan fingerprint density at radius 3 is 2.67 bits per heavy atom. The third kappa shape index (κ3) is 6.29. The molecular weight excluding hydrogens is 342 g/mol. The summed E-state index contributed by atoms with van der Waals surface area (Å²) < 4.78 is 0. The summed E-state index contributed by atoms with van der Waals surface area (Å²) in [5, 5.41) is 14.5. The summed E-state index contributed by atoms with van der Waals surface area (Å²) in [4.78, 5) is 21.1. The summed E-state index contributed by atoms with van der Waals surface area (Å²) in [6, 6.07) is 3.71. The second-order valence-electron chi connectivity index (χ2n) is 5.12. The number of aromatic nitrogens is 1. The Morgan fingerprint density at radius 1 is 1.21 bits per heavy atom. The van der Waals surface area contributed by atoms with Gasteiger partial charge in [0.15, 0.2) is 5.96 Å². The van der Waals surface area contributed by atoms with E-state index in [1.807, 2.05) is 24.4 Å². The van der Waals surface area contributed by atoms with Gasteiger partial charge in [-0.3, -0.25) is 9.79 Å². The Kier molecular flexibility index (Phi) is 7.70. The Balaban J connectivity index is 1.55. The maximum absolute atomic E-state index is 11.8. The molecule has 0 aromatic carbocycles. The van der Waals surface area contributed by atoms with Crippen molar-refractivity contribution in [2.75, 3.05) is 26.7 Å². The summed E-state index contributed by atoms with van der Waals surface area (Å²) >= 11 is 3.12. The zero-order valence-electron chi connectivity index (χ0n) is 14.0. The molecule has 0 unspecified atom stereocenters. The van der Waals surface area contributed by atoms with Crippen molar-refractivity contribution < 1.29 is 4.79 Å². The molecule has 2 aromatic rings. The molecule has 0 aliphatic carbocycles. The molecule has 130 valence electrons. The van der Waals surface area contributed by atoms with Crippen LogP contribution in [0.5, 0.6) is 0 Å². The SMILES string of the molecule is CN=C(NCCCNC(=O)c1cccs1)NCCc1csc(C)n1. The van der Waals surface area contributed by atoms with E-state index in [1.165, 1.54) is 11.3 Å². The first-order chi connectivity index (χ1) is 11.7. The normalized spacial score (nSPS) is 11.3. The second kappa shape index (κ2) is 10.0. The monoisotopic (exact) mass is 365 g/mol. The molecule has 0 saturated carbocycles. The minimum atomic E-state index is -0.00827. The van der Waals surface area contributed by atoms with Crippen molar-refractivity contribution >= 4 is 34.5 Å². The number of carbonyl (C=O) groups is 1. The topological polar surface area (TPSA) is 78.4 Å². The number of thiazole rings is 1. The van der Waals surface area contributed by atoms with Crippen LogP contribution in [0.1, 0.15) is 26.8 Å². The lowest BCUT2D eigenvalue weighted by Crippen LogP contribution is -2.39. The van der Waals surface area contributed by atoms with Gasteiger partial charge in [-0.1, -0.05) is 6.07 Å². The average molecular weight is 366 g/mol. The van der Waals surface area contributed by atoms with E-state index < -0.39 is 0 Å². The van der Waals surface area contributed by atoms with Crippen LogP contribution in [0.3, 0.4) is 0 Å². The predicted octanol–water partition coefficient (Wildman–Crippen LogP) is 2.04. The van der Waals surface area contributed by atoms with Crippen LogP contribution in [0.2, 0.25) is 0 Å². The second-order valence-corrected chi connectivity index (χ2v) is 7.13. The number of aryl methyl sites for hydroxylation is 1. The molecule has 0 atom stereocenters. The van der Waals surface area contributed by atoms with E-state index in [2.05, 4.69) is 31.3 Å². The van der Waals surface area contributed by atoms with E-state index in [0.29, 0.717) is 6.54 Å². The maximum atomic E-state index is 11.8. The van der Waals surface area contributed by atoms with Gasteiger partial charge in [0.2, 0.25) is 0 Å². The van der Waals surface area contributed by atoms with Crippen molar-refractivity contribution in [3.8, 4) is 0 Å². The molecule has 8 heteroatoms. The van der Waals surface area contributed by atoms with Gasteiger partial charge in [0.05, 0.1) is 15.6 Å². The summed E-state index contributed by atoms with van der Waals surface area (Å²) in [5.41, 5.74) is 1.11. The number of carbonyl (C=O) groups excluding carboxylic acids is 1. The number of nitrogens with one attached hydrogen (secondary N) is 3. The van der Waals surface area contributed by atoms with E-state index >= 15 is 0 Å². The zero-order valence-corrected chi connectivity index (χ0v) is 15.6. The highest BCUT2D eigenvalue weighted by Gasteiger charge is 2.05. The summed E-state index contributed by atoms with van der Waals surface area (Å²) in [5.74, 6) is 0.762. The molecule has 0 spiro atoms. The summed E-state index contributed by atoms with van der Waals surface area (Å²) in [6.07, 6.45) is 1.71. The van der Waals surface area contributed by atoms with Gasteiger partial charge in [0, 0.05) is 38.5 Å². The molecule has 6 nitrogen and oxygen atoms in total. The number of hydrogen-bond acceptors (Lipinski definition) is 5. The number of amides is 1. The smallest absolute Gasteiger partial charge is 0.261 e. The lowest BCUT2D eigenvalue weighted by atomic mass is 10.3. The van der Waals surface area contributed by atoms with Gasteiger partial charge in [0.1, 0.15) is 0 Å². The fourth-order valence-electron chi connectivity index (χ4n) is 2.04. The van der Waals surface area contributed by atoms with E-state index in [4.69, 9.17) is 0 Å². The number of nitrogens with zero attached hydrogens (tertiary/aromatic N) is 2. The molecule has 3 N–H and O–H groups in total. The number of rotatable bonds is 8. The Hall–Kier alpha value is -1.93. The molecule has 2 heterocycles.